The molecule has 0 bridgehead atoms. The fraction of sp³-hybridized carbons (Fsp3) is 0.375. The summed E-state index contributed by atoms with van der Waals surface area (Å²) in [5.74, 6) is 2.85. The second-order valence-electron chi connectivity index (χ2n) is 7.65. The van der Waals surface area contributed by atoms with Crippen molar-refractivity contribution in [1.82, 2.24) is 0 Å². The molecule has 4 rings (SSSR count). The Bertz CT molecular complexity index is 1070. The molecule has 3 aromatic rings. The lowest BCUT2D eigenvalue weighted by Crippen LogP contribution is -2.16. The van der Waals surface area contributed by atoms with Gasteiger partial charge in [-0.05, 0) is 62.4 Å². The average molecular weight is 441 g/mol. The summed E-state index contributed by atoms with van der Waals surface area (Å²) in [7, 11) is 3.19. The predicted molar refractivity (Wildman–Crippen MR) is 124 cm³/mol. The van der Waals surface area contributed by atoms with Crippen molar-refractivity contribution in [2.45, 2.75) is 45.6 Å². The maximum Gasteiger partial charge on any atom is 0.259 e. The van der Waals surface area contributed by atoms with E-state index in [2.05, 4.69) is 10.6 Å². The summed E-state index contributed by atoms with van der Waals surface area (Å²) in [5.41, 5.74) is 2.53. The first-order valence-corrected chi connectivity index (χ1v) is 11.4. The Morgan fingerprint density at radius 1 is 1.10 bits per heavy atom. The molecule has 0 radical (unpaired) electrons. The van der Waals surface area contributed by atoms with E-state index in [0.29, 0.717) is 23.7 Å². The van der Waals surface area contributed by atoms with Gasteiger partial charge in [0.1, 0.15) is 28.0 Å². The maximum atomic E-state index is 13.5. The molecule has 2 aromatic heterocycles. The van der Waals surface area contributed by atoms with Crippen LogP contribution in [0.1, 0.15) is 51.6 Å². The summed E-state index contributed by atoms with van der Waals surface area (Å²) in [4.78, 5) is 14.8. The van der Waals surface area contributed by atoms with E-state index < -0.39 is 0 Å². The van der Waals surface area contributed by atoms with E-state index >= 15 is 0 Å². The topological polar surface area (TPSA) is 72.7 Å². The Labute approximate surface area is 186 Å². The van der Waals surface area contributed by atoms with Crippen LogP contribution in [0.2, 0.25) is 0 Å². The van der Waals surface area contributed by atoms with Crippen LogP contribution >= 0.6 is 11.3 Å². The number of nitrogens with one attached hydrogen (secondary N) is 2. The van der Waals surface area contributed by atoms with Crippen LogP contribution in [-0.4, -0.2) is 20.1 Å². The van der Waals surface area contributed by atoms with Crippen molar-refractivity contribution in [2.24, 2.45) is 0 Å². The van der Waals surface area contributed by atoms with Gasteiger partial charge < -0.3 is 24.5 Å². The molecule has 1 amide bonds. The third kappa shape index (κ3) is 4.71. The highest BCUT2D eigenvalue weighted by Gasteiger charge is 2.25. The minimum atomic E-state index is -0.124. The summed E-state index contributed by atoms with van der Waals surface area (Å²) >= 11 is 1.69. The first-order valence-electron chi connectivity index (χ1n) is 10.6. The predicted octanol–water partition coefficient (Wildman–Crippen LogP) is 5.80. The number of thiophene rings is 1. The van der Waals surface area contributed by atoms with Gasteiger partial charge in [-0.2, -0.15) is 0 Å². The standard InChI is InChI=1S/C24H28N2O4S/c1-15-9-10-17(30-15)14-25-24-22(18-7-5-4-6-8-21(18)31-24)23(27)26-19-12-11-16(28-2)13-20(19)29-3/h9-13,25H,4-8,14H2,1-3H3,(H,26,27). The van der Waals surface area contributed by atoms with Crippen LogP contribution in [0, 0.1) is 6.92 Å². The van der Waals surface area contributed by atoms with E-state index in [1.54, 1.807) is 37.7 Å². The van der Waals surface area contributed by atoms with E-state index in [0.717, 1.165) is 47.8 Å². The van der Waals surface area contributed by atoms with Crippen molar-refractivity contribution in [1.29, 1.82) is 0 Å². The highest BCUT2D eigenvalue weighted by atomic mass is 32.1. The van der Waals surface area contributed by atoms with Crippen LogP contribution in [0.15, 0.2) is 34.7 Å². The fourth-order valence-electron chi connectivity index (χ4n) is 3.94. The van der Waals surface area contributed by atoms with Gasteiger partial charge in [0, 0.05) is 10.9 Å². The Morgan fingerprint density at radius 2 is 1.94 bits per heavy atom. The number of rotatable bonds is 7. The molecule has 2 N–H and O–H groups in total. The molecular formula is C24H28N2O4S. The normalized spacial score (nSPS) is 13.3. The number of hydrogen-bond donors (Lipinski definition) is 2. The molecular weight excluding hydrogens is 412 g/mol. The van der Waals surface area contributed by atoms with Gasteiger partial charge in [0.25, 0.3) is 5.91 Å². The molecule has 31 heavy (non-hydrogen) atoms. The molecule has 0 spiro atoms. The van der Waals surface area contributed by atoms with Gasteiger partial charge >= 0.3 is 0 Å². The van der Waals surface area contributed by atoms with Gasteiger partial charge in [0.15, 0.2) is 0 Å². The minimum Gasteiger partial charge on any atom is -0.497 e. The summed E-state index contributed by atoms with van der Waals surface area (Å²) in [6, 6.07) is 9.29. The van der Waals surface area contributed by atoms with Crippen LogP contribution in [0.5, 0.6) is 11.5 Å². The lowest BCUT2D eigenvalue weighted by molar-refractivity contribution is 0.102. The number of benzene rings is 1. The van der Waals surface area contributed by atoms with E-state index in [1.165, 1.54) is 16.9 Å². The average Bonchev–Trinajstić information content (AvgIpc) is 3.27. The third-order valence-electron chi connectivity index (χ3n) is 5.52. The number of ether oxygens (including phenoxy) is 2. The van der Waals surface area contributed by atoms with Gasteiger partial charge in [0.2, 0.25) is 0 Å². The Morgan fingerprint density at radius 3 is 2.68 bits per heavy atom. The zero-order valence-corrected chi connectivity index (χ0v) is 19.0. The van der Waals surface area contributed by atoms with E-state index in [-0.39, 0.29) is 5.91 Å². The van der Waals surface area contributed by atoms with Crippen molar-refractivity contribution in [3.05, 3.63) is 57.9 Å². The summed E-state index contributed by atoms with van der Waals surface area (Å²) in [5, 5.41) is 7.39. The molecule has 0 atom stereocenters. The Balaban J connectivity index is 1.63. The molecule has 164 valence electrons. The summed E-state index contributed by atoms with van der Waals surface area (Å²) < 4.78 is 16.4. The summed E-state index contributed by atoms with van der Waals surface area (Å²) in [6.45, 7) is 2.47. The molecule has 7 heteroatoms. The van der Waals surface area contributed by atoms with Crippen LogP contribution in [0.25, 0.3) is 0 Å². The molecule has 1 aliphatic carbocycles. The highest BCUT2D eigenvalue weighted by Crippen LogP contribution is 2.39. The highest BCUT2D eigenvalue weighted by molar-refractivity contribution is 7.16. The van der Waals surface area contributed by atoms with Crippen LogP contribution in [-0.2, 0) is 19.4 Å². The van der Waals surface area contributed by atoms with Crippen molar-refractivity contribution in [2.75, 3.05) is 24.9 Å². The largest absolute Gasteiger partial charge is 0.497 e. The monoisotopic (exact) mass is 440 g/mol. The molecule has 0 saturated carbocycles. The fourth-order valence-corrected chi connectivity index (χ4v) is 5.22. The number of methoxy groups -OCH3 is 2. The molecule has 2 heterocycles. The Hall–Kier alpha value is -2.93. The van der Waals surface area contributed by atoms with Crippen LogP contribution < -0.4 is 20.1 Å². The number of aryl methyl sites for hydroxylation is 2. The molecule has 1 aromatic carbocycles. The van der Waals surface area contributed by atoms with Gasteiger partial charge in [-0.15, -0.1) is 11.3 Å². The molecule has 0 fully saturated rings. The van der Waals surface area contributed by atoms with Gasteiger partial charge in [0.05, 0.1) is 32.0 Å². The smallest absolute Gasteiger partial charge is 0.259 e. The van der Waals surface area contributed by atoms with Gasteiger partial charge in [-0.25, -0.2) is 0 Å². The van der Waals surface area contributed by atoms with Crippen LogP contribution in [0.4, 0.5) is 10.7 Å². The van der Waals surface area contributed by atoms with E-state index in [1.807, 2.05) is 25.1 Å². The van der Waals surface area contributed by atoms with Gasteiger partial charge in [-0.3, -0.25) is 4.79 Å². The lowest BCUT2D eigenvalue weighted by Gasteiger charge is -2.13. The number of hydrogen-bond acceptors (Lipinski definition) is 6. The zero-order chi connectivity index (χ0) is 21.8. The third-order valence-corrected chi connectivity index (χ3v) is 6.77. The molecule has 0 saturated heterocycles. The molecule has 1 aliphatic rings. The number of fused-ring (bicyclic) bond motifs is 1. The summed E-state index contributed by atoms with van der Waals surface area (Å²) in [6.07, 6.45) is 5.41. The van der Waals surface area contributed by atoms with Crippen molar-refractivity contribution < 1.29 is 18.7 Å². The molecule has 0 aliphatic heterocycles. The van der Waals surface area contributed by atoms with Crippen LogP contribution in [0.3, 0.4) is 0 Å². The first kappa shape index (κ1) is 21.3. The Kier molecular flexibility index (Phi) is 6.51. The van der Waals surface area contributed by atoms with Gasteiger partial charge in [-0.1, -0.05) is 6.42 Å². The van der Waals surface area contributed by atoms with Crippen molar-refractivity contribution >= 4 is 27.9 Å². The number of carbonyl (C=O) groups excluding carboxylic acids is 1. The second kappa shape index (κ2) is 9.47. The first-order chi connectivity index (χ1) is 15.1. The SMILES string of the molecule is COc1ccc(NC(=O)c2c(NCc3ccc(C)o3)sc3c2CCCCC3)c(OC)c1. The quantitative estimate of drug-likeness (QED) is 0.454. The van der Waals surface area contributed by atoms with E-state index in [9.17, 15) is 4.79 Å². The second-order valence-corrected chi connectivity index (χ2v) is 8.76. The maximum absolute atomic E-state index is 13.5. The molecule has 6 nitrogen and oxygen atoms in total. The lowest BCUT2D eigenvalue weighted by atomic mass is 10.0. The van der Waals surface area contributed by atoms with Crippen molar-refractivity contribution in [3.63, 3.8) is 0 Å². The van der Waals surface area contributed by atoms with E-state index in [4.69, 9.17) is 13.9 Å². The van der Waals surface area contributed by atoms with Crippen molar-refractivity contribution in [3.8, 4) is 11.5 Å². The minimum absolute atomic E-state index is 0.124. The zero-order valence-electron chi connectivity index (χ0n) is 18.2. The number of carbonyl (C=O) groups is 1. The number of furan rings is 1. The molecule has 0 unspecified atom stereocenters. The number of anilines is 2. The number of amides is 1.